The van der Waals surface area contributed by atoms with E-state index >= 15 is 0 Å². The lowest BCUT2D eigenvalue weighted by Crippen LogP contribution is -2.42. The number of oxazole rings is 1. The van der Waals surface area contributed by atoms with Crippen molar-refractivity contribution in [2.75, 3.05) is 24.5 Å². The third-order valence-corrected chi connectivity index (χ3v) is 5.16. The van der Waals surface area contributed by atoms with Crippen LogP contribution in [0, 0.1) is 5.92 Å². The summed E-state index contributed by atoms with van der Waals surface area (Å²) in [5.74, 6) is 1.08. The van der Waals surface area contributed by atoms with Crippen LogP contribution < -0.4 is 15.0 Å². The number of anilines is 1. The molecule has 1 aliphatic heterocycles. The zero-order valence-corrected chi connectivity index (χ0v) is 16.0. The van der Waals surface area contributed by atoms with Gasteiger partial charge in [-0.1, -0.05) is 30.3 Å². The van der Waals surface area contributed by atoms with Crippen molar-refractivity contribution in [2.45, 2.75) is 25.9 Å². The molecule has 1 atom stereocenters. The van der Waals surface area contributed by atoms with Crippen LogP contribution in [0.3, 0.4) is 0 Å². The molecule has 1 aliphatic rings. The van der Waals surface area contributed by atoms with E-state index in [0.717, 1.165) is 37.0 Å². The highest BCUT2D eigenvalue weighted by Gasteiger charge is 2.24. The molecule has 1 saturated heterocycles. The predicted octanol–water partition coefficient (Wildman–Crippen LogP) is 3.63. The van der Waals surface area contributed by atoms with Gasteiger partial charge in [-0.05, 0) is 49.9 Å². The molecule has 28 heavy (non-hydrogen) atoms. The van der Waals surface area contributed by atoms with Gasteiger partial charge in [0, 0.05) is 19.6 Å². The molecule has 0 unspecified atom stereocenters. The molecule has 4 rings (SSSR count). The van der Waals surface area contributed by atoms with Crippen LogP contribution in [0.2, 0.25) is 0 Å². The fourth-order valence-corrected chi connectivity index (χ4v) is 3.47. The summed E-state index contributed by atoms with van der Waals surface area (Å²) < 4.78 is 11.5. The van der Waals surface area contributed by atoms with Gasteiger partial charge in [-0.25, -0.2) is 0 Å². The quantitative estimate of drug-likeness (QED) is 0.708. The van der Waals surface area contributed by atoms with Gasteiger partial charge in [-0.3, -0.25) is 4.79 Å². The van der Waals surface area contributed by atoms with Crippen molar-refractivity contribution in [3.63, 3.8) is 0 Å². The summed E-state index contributed by atoms with van der Waals surface area (Å²) in [7, 11) is 0. The van der Waals surface area contributed by atoms with Crippen molar-refractivity contribution in [1.82, 2.24) is 10.3 Å². The van der Waals surface area contributed by atoms with E-state index in [1.165, 1.54) is 0 Å². The van der Waals surface area contributed by atoms with Gasteiger partial charge in [0.15, 0.2) is 11.7 Å². The number of carbonyl (C=O) groups excluding carboxylic acids is 1. The molecule has 0 spiro atoms. The number of hydrogen-bond acceptors (Lipinski definition) is 5. The molecule has 146 valence electrons. The molecule has 0 aliphatic carbocycles. The topological polar surface area (TPSA) is 67.6 Å². The summed E-state index contributed by atoms with van der Waals surface area (Å²) in [6.45, 7) is 4.20. The van der Waals surface area contributed by atoms with E-state index in [1.807, 2.05) is 54.6 Å². The number of para-hydroxylation sites is 3. The monoisotopic (exact) mass is 379 g/mol. The van der Waals surface area contributed by atoms with Crippen LogP contribution in [-0.4, -0.2) is 36.6 Å². The highest BCUT2D eigenvalue weighted by atomic mass is 16.5. The molecule has 3 aromatic rings. The number of carbonyl (C=O) groups is 1. The fourth-order valence-electron chi connectivity index (χ4n) is 3.47. The van der Waals surface area contributed by atoms with E-state index < -0.39 is 6.10 Å². The molecule has 1 aromatic heterocycles. The van der Waals surface area contributed by atoms with E-state index in [1.54, 1.807) is 6.92 Å². The standard InChI is InChI=1S/C22H25N3O3/c1-16(27-18-7-3-2-4-8-18)21(26)23-15-17-11-13-25(14-12-17)22-24-19-9-5-6-10-20(19)28-22/h2-10,16-17H,11-15H2,1H3,(H,23,26)/t16-/m1/s1. The summed E-state index contributed by atoms with van der Waals surface area (Å²) >= 11 is 0. The van der Waals surface area contributed by atoms with Crippen molar-refractivity contribution in [2.24, 2.45) is 5.92 Å². The first-order valence-corrected chi connectivity index (χ1v) is 9.79. The molecule has 1 N–H and O–H groups in total. The third kappa shape index (κ3) is 4.27. The zero-order valence-electron chi connectivity index (χ0n) is 16.0. The van der Waals surface area contributed by atoms with E-state index in [-0.39, 0.29) is 5.91 Å². The third-order valence-electron chi connectivity index (χ3n) is 5.16. The van der Waals surface area contributed by atoms with Gasteiger partial charge in [-0.2, -0.15) is 4.98 Å². The Morgan fingerprint density at radius 2 is 1.89 bits per heavy atom. The maximum Gasteiger partial charge on any atom is 0.298 e. The van der Waals surface area contributed by atoms with Crippen LogP contribution in [0.1, 0.15) is 19.8 Å². The van der Waals surface area contributed by atoms with Crippen LogP contribution in [0.25, 0.3) is 11.1 Å². The predicted molar refractivity (Wildman–Crippen MR) is 108 cm³/mol. The Labute approximate surface area is 164 Å². The Morgan fingerprint density at radius 3 is 2.64 bits per heavy atom. The highest BCUT2D eigenvalue weighted by molar-refractivity contribution is 5.80. The largest absolute Gasteiger partial charge is 0.481 e. The SMILES string of the molecule is C[C@@H](Oc1ccccc1)C(=O)NCC1CCN(c2nc3ccccc3o2)CC1. The Bertz CT molecular complexity index is 884. The molecule has 0 radical (unpaired) electrons. The summed E-state index contributed by atoms with van der Waals surface area (Å²) in [6.07, 6.45) is 1.47. The van der Waals surface area contributed by atoms with Crippen LogP contribution in [-0.2, 0) is 4.79 Å². The number of piperidine rings is 1. The number of nitrogens with one attached hydrogen (secondary N) is 1. The van der Waals surface area contributed by atoms with Gasteiger partial charge in [0.1, 0.15) is 11.3 Å². The summed E-state index contributed by atoms with van der Waals surface area (Å²) in [4.78, 5) is 19.1. The molecule has 2 heterocycles. The molecule has 0 bridgehead atoms. The van der Waals surface area contributed by atoms with Crippen molar-refractivity contribution in [3.8, 4) is 5.75 Å². The van der Waals surface area contributed by atoms with Gasteiger partial charge in [0.25, 0.3) is 11.9 Å². The first-order valence-electron chi connectivity index (χ1n) is 9.79. The summed E-state index contributed by atoms with van der Waals surface area (Å²) in [5.41, 5.74) is 1.71. The van der Waals surface area contributed by atoms with Crippen molar-refractivity contribution >= 4 is 23.0 Å². The van der Waals surface area contributed by atoms with Crippen LogP contribution in [0.15, 0.2) is 59.0 Å². The normalized spacial score (nSPS) is 16.1. The molecule has 0 saturated carbocycles. The van der Waals surface area contributed by atoms with Crippen LogP contribution >= 0.6 is 0 Å². The number of fused-ring (bicyclic) bond motifs is 1. The molecular weight excluding hydrogens is 354 g/mol. The van der Waals surface area contributed by atoms with Gasteiger partial charge >= 0.3 is 0 Å². The summed E-state index contributed by atoms with van der Waals surface area (Å²) in [5, 5.41) is 3.03. The van der Waals surface area contributed by atoms with Crippen molar-refractivity contribution in [1.29, 1.82) is 0 Å². The van der Waals surface area contributed by atoms with Gasteiger partial charge in [0.2, 0.25) is 0 Å². The van der Waals surface area contributed by atoms with Gasteiger partial charge < -0.3 is 19.4 Å². The second-order valence-corrected chi connectivity index (χ2v) is 7.21. The lowest BCUT2D eigenvalue weighted by Gasteiger charge is -2.31. The lowest BCUT2D eigenvalue weighted by atomic mass is 9.97. The van der Waals surface area contributed by atoms with Crippen molar-refractivity contribution in [3.05, 3.63) is 54.6 Å². The average molecular weight is 379 g/mol. The second-order valence-electron chi connectivity index (χ2n) is 7.21. The minimum Gasteiger partial charge on any atom is -0.481 e. The summed E-state index contributed by atoms with van der Waals surface area (Å²) in [6, 6.07) is 17.9. The first kappa shape index (κ1) is 18.3. The number of rotatable bonds is 6. The number of aromatic nitrogens is 1. The van der Waals surface area contributed by atoms with Crippen molar-refractivity contribution < 1.29 is 13.9 Å². The van der Waals surface area contributed by atoms with E-state index in [4.69, 9.17) is 9.15 Å². The lowest BCUT2D eigenvalue weighted by molar-refractivity contribution is -0.127. The van der Waals surface area contributed by atoms with Crippen LogP contribution in [0.4, 0.5) is 6.01 Å². The molecule has 6 nitrogen and oxygen atoms in total. The Kier molecular flexibility index (Phi) is 5.46. The highest BCUT2D eigenvalue weighted by Crippen LogP contribution is 2.26. The van der Waals surface area contributed by atoms with E-state index in [0.29, 0.717) is 24.2 Å². The minimum atomic E-state index is -0.512. The molecule has 1 amide bonds. The Morgan fingerprint density at radius 1 is 1.18 bits per heavy atom. The van der Waals surface area contributed by atoms with Gasteiger partial charge in [0.05, 0.1) is 0 Å². The van der Waals surface area contributed by atoms with E-state index in [2.05, 4.69) is 15.2 Å². The van der Waals surface area contributed by atoms with Gasteiger partial charge in [-0.15, -0.1) is 0 Å². The fraction of sp³-hybridized carbons (Fsp3) is 0.364. The average Bonchev–Trinajstić information content (AvgIpc) is 3.17. The molecule has 6 heteroatoms. The smallest absolute Gasteiger partial charge is 0.298 e. The molecule has 2 aromatic carbocycles. The number of benzene rings is 2. The number of amides is 1. The molecule has 1 fully saturated rings. The first-order chi connectivity index (χ1) is 13.7. The maximum absolute atomic E-state index is 12.3. The maximum atomic E-state index is 12.3. The zero-order chi connectivity index (χ0) is 19.3. The number of nitrogens with zero attached hydrogens (tertiary/aromatic N) is 2. The van der Waals surface area contributed by atoms with Crippen LogP contribution in [0.5, 0.6) is 5.75 Å². The number of hydrogen-bond donors (Lipinski definition) is 1. The van der Waals surface area contributed by atoms with E-state index in [9.17, 15) is 4.79 Å². The minimum absolute atomic E-state index is 0.0785. The number of ether oxygens (including phenoxy) is 1. The molecular formula is C22H25N3O3. The Balaban J connectivity index is 1.23. The Hall–Kier alpha value is -3.02. The second kappa shape index (κ2) is 8.33.